The molecule has 158 valence electrons. The lowest BCUT2D eigenvalue weighted by atomic mass is 9.85. The Morgan fingerprint density at radius 2 is 2.10 bits per heavy atom. The maximum atomic E-state index is 12.5. The number of aromatic carboxylic acids is 1. The number of hydrogen-bond donors (Lipinski definition) is 2. The zero-order chi connectivity index (χ0) is 21.6. The Morgan fingerprint density at radius 1 is 1.33 bits per heavy atom. The number of aliphatic hydroxyl groups is 1. The van der Waals surface area contributed by atoms with E-state index in [1.807, 2.05) is 27.4 Å². The zero-order valence-corrected chi connectivity index (χ0v) is 17.3. The van der Waals surface area contributed by atoms with Gasteiger partial charge < -0.3 is 19.5 Å². The van der Waals surface area contributed by atoms with Crippen LogP contribution in [-0.4, -0.2) is 43.7 Å². The highest BCUT2D eigenvalue weighted by Gasteiger charge is 2.35. The first-order valence-corrected chi connectivity index (χ1v) is 9.95. The highest BCUT2D eigenvalue weighted by molar-refractivity contribution is 5.96. The van der Waals surface area contributed by atoms with Crippen LogP contribution >= 0.6 is 0 Å². The second-order valence-electron chi connectivity index (χ2n) is 8.64. The molecule has 1 aliphatic heterocycles. The van der Waals surface area contributed by atoms with Gasteiger partial charge in [0.15, 0.2) is 5.43 Å². The molecule has 8 nitrogen and oxygen atoms in total. The van der Waals surface area contributed by atoms with Gasteiger partial charge in [0.25, 0.3) is 0 Å². The molecule has 0 saturated carbocycles. The van der Waals surface area contributed by atoms with Crippen LogP contribution in [0.15, 0.2) is 35.3 Å². The SMILES string of the molecule is CC(C)(C)C1Cn2nc3c(OCCCO)cccc3c2-c2cc(=O)c(C(=O)O)cn21. The fourth-order valence-corrected chi connectivity index (χ4v) is 3.99. The summed E-state index contributed by atoms with van der Waals surface area (Å²) in [5.74, 6) is -0.613. The summed E-state index contributed by atoms with van der Waals surface area (Å²) in [6.45, 7) is 7.21. The maximum absolute atomic E-state index is 12.5. The predicted octanol–water partition coefficient (Wildman–Crippen LogP) is 2.93. The third-order valence-electron chi connectivity index (χ3n) is 5.53. The van der Waals surface area contributed by atoms with Crippen LogP contribution in [0.1, 0.15) is 43.6 Å². The summed E-state index contributed by atoms with van der Waals surface area (Å²) < 4.78 is 9.60. The molecule has 2 aromatic heterocycles. The van der Waals surface area contributed by atoms with Crippen LogP contribution < -0.4 is 10.2 Å². The van der Waals surface area contributed by atoms with Crippen molar-refractivity contribution >= 4 is 16.9 Å². The van der Waals surface area contributed by atoms with E-state index in [4.69, 9.17) is 14.9 Å². The fourth-order valence-electron chi connectivity index (χ4n) is 3.99. The van der Waals surface area contributed by atoms with Gasteiger partial charge in [0, 0.05) is 30.7 Å². The average molecular weight is 411 g/mol. The minimum Gasteiger partial charge on any atom is -0.491 e. The number of carboxylic acids is 1. The van der Waals surface area contributed by atoms with E-state index in [1.165, 1.54) is 12.3 Å². The first-order chi connectivity index (χ1) is 14.2. The van der Waals surface area contributed by atoms with Crippen LogP contribution in [0.5, 0.6) is 5.75 Å². The molecule has 8 heteroatoms. The molecule has 0 amide bonds. The summed E-state index contributed by atoms with van der Waals surface area (Å²) in [6.07, 6.45) is 1.98. The quantitative estimate of drug-likeness (QED) is 0.625. The third kappa shape index (κ3) is 3.27. The molecule has 1 atom stereocenters. The number of aliphatic hydroxyl groups excluding tert-OH is 1. The molecule has 1 unspecified atom stereocenters. The molecule has 1 aliphatic rings. The van der Waals surface area contributed by atoms with Gasteiger partial charge in [-0.25, -0.2) is 4.79 Å². The van der Waals surface area contributed by atoms with Crippen LogP contribution in [0.25, 0.3) is 22.3 Å². The number of fused-ring (bicyclic) bond motifs is 5. The van der Waals surface area contributed by atoms with Gasteiger partial charge in [0.2, 0.25) is 0 Å². The minimum absolute atomic E-state index is 0.0468. The Kier molecular flexibility index (Phi) is 4.89. The molecule has 4 rings (SSSR count). The number of rotatable bonds is 5. The average Bonchev–Trinajstić information content (AvgIpc) is 3.06. The second kappa shape index (κ2) is 7.28. The Bertz CT molecular complexity index is 1190. The fraction of sp³-hybridized carbons (Fsp3) is 0.409. The van der Waals surface area contributed by atoms with E-state index in [2.05, 4.69) is 20.8 Å². The van der Waals surface area contributed by atoms with Gasteiger partial charge in [-0.2, -0.15) is 5.10 Å². The maximum Gasteiger partial charge on any atom is 0.341 e. The minimum atomic E-state index is -1.23. The molecule has 0 spiro atoms. The van der Waals surface area contributed by atoms with E-state index in [9.17, 15) is 14.7 Å². The molecule has 0 fully saturated rings. The van der Waals surface area contributed by atoms with Crippen LogP contribution in [0.2, 0.25) is 0 Å². The van der Waals surface area contributed by atoms with Crippen LogP contribution in [0, 0.1) is 5.41 Å². The smallest absolute Gasteiger partial charge is 0.341 e. The van der Waals surface area contributed by atoms with Gasteiger partial charge in [-0.3, -0.25) is 9.48 Å². The molecule has 0 bridgehead atoms. The number of carboxylic acid groups (broad SMARTS) is 1. The van der Waals surface area contributed by atoms with Crippen LogP contribution in [0.4, 0.5) is 0 Å². The second-order valence-corrected chi connectivity index (χ2v) is 8.64. The summed E-state index contributed by atoms with van der Waals surface area (Å²) in [5.41, 5.74) is 1.13. The van der Waals surface area contributed by atoms with Crippen molar-refractivity contribution in [3.05, 3.63) is 46.2 Å². The van der Waals surface area contributed by atoms with Gasteiger partial charge in [0.1, 0.15) is 16.8 Å². The summed E-state index contributed by atoms with van der Waals surface area (Å²) >= 11 is 0. The molecule has 0 radical (unpaired) electrons. The summed E-state index contributed by atoms with van der Waals surface area (Å²) in [6, 6.07) is 6.92. The van der Waals surface area contributed by atoms with Gasteiger partial charge in [-0.1, -0.05) is 32.9 Å². The Morgan fingerprint density at radius 3 is 2.77 bits per heavy atom. The zero-order valence-electron chi connectivity index (χ0n) is 17.3. The molecule has 0 saturated heterocycles. The molecular formula is C22H25N3O5. The van der Waals surface area contributed by atoms with Crippen molar-refractivity contribution in [2.24, 2.45) is 5.41 Å². The number of nitrogens with zero attached hydrogens (tertiary/aromatic N) is 3. The molecule has 3 aromatic rings. The molecular weight excluding hydrogens is 386 g/mol. The first-order valence-electron chi connectivity index (χ1n) is 9.95. The lowest BCUT2D eigenvalue weighted by Crippen LogP contribution is -2.35. The van der Waals surface area contributed by atoms with Crippen molar-refractivity contribution < 1.29 is 19.7 Å². The highest BCUT2D eigenvalue weighted by Crippen LogP contribution is 2.42. The van der Waals surface area contributed by atoms with E-state index in [0.29, 0.717) is 36.5 Å². The van der Waals surface area contributed by atoms with Crippen molar-refractivity contribution in [2.45, 2.75) is 39.8 Å². The first kappa shape index (κ1) is 20.2. The van der Waals surface area contributed by atoms with Gasteiger partial charge >= 0.3 is 5.97 Å². The molecule has 1 aromatic carbocycles. The van der Waals surface area contributed by atoms with Crippen LogP contribution in [-0.2, 0) is 6.54 Å². The van der Waals surface area contributed by atoms with E-state index < -0.39 is 11.4 Å². The number of pyridine rings is 1. The molecule has 30 heavy (non-hydrogen) atoms. The van der Waals surface area contributed by atoms with Gasteiger partial charge in [-0.05, 0) is 11.5 Å². The molecule has 0 aliphatic carbocycles. The lowest BCUT2D eigenvalue weighted by molar-refractivity contribution is 0.0693. The highest BCUT2D eigenvalue weighted by atomic mass is 16.5. The lowest BCUT2D eigenvalue weighted by Gasteiger charge is -2.38. The molecule has 2 N–H and O–H groups in total. The number of carbonyl (C=O) groups is 1. The number of benzene rings is 1. The van der Waals surface area contributed by atoms with Crippen molar-refractivity contribution in [3.63, 3.8) is 0 Å². The van der Waals surface area contributed by atoms with E-state index in [-0.39, 0.29) is 23.6 Å². The predicted molar refractivity (Wildman–Crippen MR) is 112 cm³/mol. The Balaban J connectivity index is 1.96. The normalized spacial score (nSPS) is 15.7. The summed E-state index contributed by atoms with van der Waals surface area (Å²) in [5, 5.41) is 24.1. The number of aromatic nitrogens is 3. The monoisotopic (exact) mass is 411 g/mol. The van der Waals surface area contributed by atoms with E-state index in [0.717, 1.165) is 11.1 Å². The third-order valence-corrected chi connectivity index (χ3v) is 5.53. The largest absolute Gasteiger partial charge is 0.491 e. The molecule has 3 heterocycles. The Labute approximate surface area is 173 Å². The van der Waals surface area contributed by atoms with Crippen molar-refractivity contribution in [1.82, 2.24) is 14.3 Å². The number of ether oxygens (including phenoxy) is 1. The van der Waals surface area contributed by atoms with Gasteiger partial charge in [0.05, 0.1) is 30.6 Å². The Hall–Kier alpha value is -3.13. The van der Waals surface area contributed by atoms with Crippen LogP contribution in [0.3, 0.4) is 0 Å². The summed E-state index contributed by atoms with van der Waals surface area (Å²) in [4.78, 5) is 24.1. The standard InChI is InChI=1S/C22H25N3O5/c1-22(2,3)18-12-25-20(15-10-16(27)14(21(28)29)11-24(15)18)13-6-4-7-17(19(13)23-25)30-9-5-8-26/h4,6-7,10-11,18,26H,5,8-9,12H2,1-3H3,(H,28,29). The van der Waals surface area contributed by atoms with Crippen molar-refractivity contribution in [3.8, 4) is 17.1 Å². The van der Waals surface area contributed by atoms with E-state index >= 15 is 0 Å². The topological polar surface area (TPSA) is 107 Å². The van der Waals surface area contributed by atoms with E-state index in [1.54, 1.807) is 0 Å². The number of hydrogen-bond acceptors (Lipinski definition) is 5. The van der Waals surface area contributed by atoms with Crippen molar-refractivity contribution in [1.29, 1.82) is 0 Å². The summed E-state index contributed by atoms with van der Waals surface area (Å²) in [7, 11) is 0. The van der Waals surface area contributed by atoms with Gasteiger partial charge in [-0.15, -0.1) is 0 Å². The van der Waals surface area contributed by atoms with Crippen molar-refractivity contribution in [2.75, 3.05) is 13.2 Å².